The van der Waals surface area contributed by atoms with Crippen molar-refractivity contribution in [1.82, 2.24) is 5.32 Å². The maximum atomic E-state index is 12.6. The summed E-state index contributed by atoms with van der Waals surface area (Å²) in [7, 11) is 1.66. The molecule has 2 N–H and O–H groups in total. The predicted octanol–water partition coefficient (Wildman–Crippen LogP) is 5.23. The van der Waals surface area contributed by atoms with Gasteiger partial charge in [0.15, 0.2) is 0 Å². The summed E-state index contributed by atoms with van der Waals surface area (Å²) < 4.78 is 5.41. The standard InChI is InChI=1S/C23H32N2O2/c1-15(2)18-11-9-12-19(16(3)4)23(18)25-22(26)14-24-17(5)20-10-7-8-13-21(20)27-6/h7-13,15-17,24H,14H2,1-6H3,(H,25,26)/t17-/m1/s1. The highest BCUT2D eigenvalue weighted by molar-refractivity contribution is 5.94. The second kappa shape index (κ2) is 9.56. The topological polar surface area (TPSA) is 50.4 Å². The normalized spacial score (nSPS) is 12.3. The van der Waals surface area contributed by atoms with E-state index < -0.39 is 0 Å². The molecule has 1 atom stereocenters. The predicted molar refractivity (Wildman–Crippen MR) is 113 cm³/mol. The van der Waals surface area contributed by atoms with Gasteiger partial charge in [0.2, 0.25) is 5.91 Å². The summed E-state index contributed by atoms with van der Waals surface area (Å²) in [6.07, 6.45) is 0. The highest BCUT2D eigenvalue weighted by Crippen LogP contribution is 2.32. The van der Waals surface area contributed by atoms with Gasteiger partial charge in [-0.1, -0.05) is 64.1 Å². The first-order chi connectivity index (χ1) is 12.8. The van der Waals surface area contributed by atoms with Crippen LogP contribution in [0.4, 0.5) is 5.69 Å². The van der Waals surface area contributed by atoms with Crippen LogP contribution in [0.3, 0.4) is 0 Å². The van der Waals surface area contributed by atoms with Gasteiger partial charge in [0.25, 0.3) is 0 Å². The van der Waals surface area contributed by atoms with Crippen molar-refractivity contribution < 1.29 is 9.53 Å². The van der Waals surface area contributed by atoms with Gasteiger partial charge in [-0.05, 0) is 36.0 Å². The minimum absolute atomic E-state index is 0.0109. The first kappa shape index (κ1) is 21.0. The molecule has 0 spiro atoms. The number of rotatable bonds is 8. The quantitative estimate of drug-likeness (QED) is 0.671. The Labute approximate surface area is 163 Å². The van der Waals surface area contributed by atoms with Crippen molar-refractivity contribution in [3.63, 3.8) is 0 Å². The molecule has 0 heterocycles. The van der Waals surface area contributed by atoms with Crippen molar-refractivity contribution in [1.29, 1.82) is 0 Å². The molecule has 0 bridgehead atoms. The molecule has 0 aliphatic rings. The largest absolute Gasteiger partial charge is 0.496 e. The van der Waals surface area contributed by atoms with Gasteiger partial charge in [-0.25, -0.2) is 0 Å². The van der Waals surface area contributed by atoms with Gasteiger partial charge in [0.05, 0.1) is 13.7 Å². The first-order valence-corrected chi connectivity index (χ1v) is 9.64. The zero-order chi connectivity index (χ0) is 20.0. The van der Waals surface area contributed by atoms with E-state index in [1.165, 1.54) is 11.1 Å². The van der Waals surface area contributed by atoms with Crippen LogP contribution in [0.15, 0.2) is 42.5 Å². The van der Waals surface area contributed by atoms with Crippen LogP contribution in [-0.4, -0.2) is 19.6 Å². The Hall–Kier alpha value is -2.33. The van der Waals surface area contributed by atoms with Gasteiger partial charge in [0.1, 0.15) is 5.75 Å². The Morgan fingerprint density at radius 3 is 2.00 bits per heavy atom. The number of hydrogen-bond donors (Lipinski definition) is 2. The van der Waals surface area contributed by atoms with Crippen LogP contribution >= 0.6 is 0 Å². The Balaban J connectivity index is 2.10. The lowest BCUT2D eigenvalue weighted by Gasteiger charge is -2.21. The second-order valence-electron chi connectivity index (χ2n) is 7.51. The fraction of sp³-hybridized carbons (Fsp3) is 0.435. The molecule has 0 radical (unpaired) electrons. The van der Waals surface area contributed by atoms with E-state index in [1.54, 1.807) is 7.11 Å². The Kier molecular flexibility index (Phi) is 7.43. The summed E-state index contributed by atoms with van der Waals surface area (Å²) in [5.74, 6) is 1.48. The van der Waals surface area contributed by atoms with Crippen LogP contribution in [-0.2, 0) is 4.79 Å². The minimum Gasteiger partial charge on any atom is -0.496 e. The molecule has 1 amide bonds. The van der Waals surface area contributed by atoms with Crippen LogP contribution in [0.25, 0.3) is 0 Å². The molecule has 0 unspecified atom stereocenters. The van der Waals surface area contributed by atoms with E-state index in [-0.39, 0.29) is 18.5 Å². The van der Waals surface area contributed by atoms with E-state index in [2.05, 4.69) is 56.5 Å². The summed E-state index contributed by atoms with van der Waals surface area (Å²) in [4.78, 5) is 12.6. The number of ether oxygens (including phenoxy) is 1. The third-order valence-corrected chi connectivity index (χ3v) is 4.81. The molecule has 0 fully saturated rings. The average Bonchev–Trinajstić information content (AvgIpc) is 2.65. The number of anilines is 1. The summed E-state index contributed by atoms with van der Waals surface area (Å²) in [6, 6.07) is 14.1. The number of nitrogens with one attached hydrogen (secondary N) is 2. The van der Waals surface area contributed by atoms with Gasteiger partial charge in [-0.3, -0.25) is 4.79 Å². The minimum atomic E-state index is -0.0354. The molecular weight excluding hydrogens is 336 g/mol. The van der Waals surface area contributed by atoms with Gasteiger partial charge >= 0.3 is 0 Å². The summed E-state index contributed by atoms with van der Waals surface area (Å²) in [6.45, 7) is 10.9. The molecule has 2 rings (SSSR count). The number of para-hydroxylation sites is 2. The molecule has 4 heteroatoms. The van der Waals surface area contributed by atoms with Crippen LogP contribution in [0.5, 0.6) is 5.75 Å². The fourth-order valence-corrected chi connectivity index (χ4v) is 3.26. The molecule has 4 nitrogen and oxygen atoms in total. The number of hydrogen-bond acceptors (Lipinski definition) is 3. The molecule has 0 saturated carbocycles. The zero-order valence-electron chi connectivity index (χ0n) is 17.3. The van der Waals surface area contributed by atoms with Crippen molar-refractivity contribution in [3.05, 3.63) is 59.2 Å². The number of carbonyl (C=O) groups is 1. The molecule has 0 aliphatic heterocycles. The Morgan fingerprint density at radius 2 is 1.44 bits per heavy atom. The van der Waals surface area contributed by atoms with E-state index in [0.717, 1.165) is 17.0 Å². The lowest BCUT2D eigenvalue weighted by atomic mass is 9.92. The van der Waals surface area contributed by atoms with Gasteiger partial charge in [0, 0.05) is 17.3 Å². The number of methoxy groups -OCH3 is 1. The zero-order valence-corrected chi connectivity index (χ0v) is 17.3. The van der Waals surface area contributed by atoms with E-state index in [0.29, 0.717) is 11.8 Å². The summed E-state index contributed by atoms with van der Waals surface area (Å²) in [5.41, 5.74) is 4.34. The third-order valence-electron chi connectivity index (χ3n) is 4.81. The van der Waals surface area contributed by atoms with Gasteiger partial charge in [-0.2, -0.15) is 0 Å². The van der Waals surface area contributed by atoms with Crippen molar-refractivity contribution in [2.75, 3.05) is 19.0 Å². The number of amides is 1. The smallest absolute Gasteiger partial charge is 0.238 e. The molecule has 0 aromatic heterocycles. The molecule has 2 aromatic rings. The number of benzene rings is 2. The Morgan fingerprint density at radius 1 is 0.889 bits per heavy atom. The first-order valence-electron chi connectivity index (χ1n) is 9.64. The van der Waals surface area contributed by atoms with Crippen molar-refractivity contribution >= 4 is 11.6 Å². The number of carbonyl (C=O) groups excluding carboxylic acids is 1. The molecule has 0 aliphatic carbocycles. The fourth-order valence-electron chi connectivity index (χ4n) is 3.26. The summed E-state index contributed by atoms with van der Waals surface area (Å²) >= 11 is 0. The monoisotopic (exact) mass is 368 g/mol. The third kappa shape index (κ3) is 5.33. The molecular formula is C23H32N2O2. The SMILES string of the molecule is COc1ccccc1[C@@H](C)NCC(=O)Nc1c(C(C)C)cccc1C(C)C. The van der Waals surface area contributed by atoms with Gasteiger partial charge in [-0.15, -0.1) is 0 Å². The highest BCUT2D eigenvalue weighted by atomic mass is 16.5. The maximum Gasteiger partial charge on any atom is 0.238 e. The lowest BCUT2D eigenvalue weighted by molar-refractivity contribution is -0.115. The van der Waals surface area contributed by atoms with Crippen molar-refractivity contribution in [2.24, 2.45) is 0 Å². The molecule has 2 aromatic carbocycles. The van der Waals surface area contributed by atoms with E-state index in [1.807, 2.05) is 31.2 Å². The summed E-state index contributed by atoms with van der Waals surface area (Å²) in [5, 5.41) is 6.44. The van der Waals surface area contributed by atoms with E-state index in [4.69, 9.17) is 4.74 Å². The second-order valence-corrected chi connectivity index (χ2v) is 7.51. The van der Waals surface area contributed by atoms with Crippen LogP contribution in [0, 0.1) is 0 Å². The van der Waals surface area contributed by atoms with Crippen LogP contribution in [0.2, 0.25) is 0 Å². The van der Waals surface area contributed by atoms with E-state index in [9.17, 15) is 4.79 Å². The molecule has 0 saturated heterocycles. The van der Waals surface area contributed by atoms with Crippen LogP contribution in [0.1, 0.15) is 69.2 Å². The lowest BCUT2D eigenvalue weighted by Crippen LogP contribution is -2.31. The van der Waals surface area contributed by atoms with Crippen LogP contribution < -0.4 is 15.4 Å². The molecule has 27 heavy (non-hydrogen) atoms. The Bertz CT molecular complexity index is 742. The van der Waals surface area contributed by atoms with E-state index >= 15 is 0 Å². The maximum absolute atomic E-state index is 12.6. The van der Waals surface area contributed by atoms with Gasteiger partial charge < -0.3 is 15.4 Å². The highest BCUT2D eigenvalue weighted by Gasteiger charge is 2.17. The van der Waals surface area contributed by atoms with Crippen molar-refractivity contribution in [3.8, 4) is 5.75 Å². The average molecular weight is 369 g/mol. The van der Waals surface area contributed by atoms with Crippen molar-refractivity contribution in [2.45, 2.75) is 52.5 Å². The molecule has 146 valence electrons.